The van der Waals surface area contributed by atoms with Crippen molar-refractivity contribution in [2.24, 2.45) is 5.73 Å². The maximum Gasteiger partial charge on any atom is 0.213 e. The molecule has 1 rings (SSSR count). The van der Waals surface area contributed by atoms with Crippen molar-refractivity contribution in [1.82, 2.24) is 4.98 Å². The first-order valence-corrected chi connectivity index (χ1v) is 3.66. The lowest BCUT2D eigenvalue weighted by molar-refractivity contribution is 0.398. The maximum atomic E-state index is 5.43. The summed E-state index contributed by atoms with van der Waals surface area (Å²) < 4.78 is 4.96. The summed E-state index contributed by atoms with van der Waals surface area (Å²) in [4.78, 5) is 3.97. The number of pyridine rings is 1. The van der Waals surface area contributed by atoms with Crippen molar-refractivity contribution in [3.8, 4) is 5.88 Å². The van der Waals surface area contributed by atoms with Gasteiger partial charge in [-0.3, -0.25) is 0 Å². The number of aromatic nitrogens is 1. The second-order valence-electron chi connectivity index (χ2n) is 2.39. The second kappa shape index (κ2) is 3.88. The quantitative estimate of drug-likeness (QED) is 0.726. The fraction of sp³-hybridized carbons (Fsp3) is 0.222. The molecule has 0 saturated carbocycles. The van der Waals surface area contributed by atoms with Crippen LogP contribution in [0.2, 0.25) is 0 Å². The van der Waals surface area contributed by atoms with E-state index in [1.165, 1.54) is 0 Å². The van der Waals surface area contributed by atoms with Gasteiger partial charge < -0.3 is 10.5 Å². The highest BCUT2D eigenvalue weighted by Crippen LogP contribution is 2.14. The van der Waals surface area contributed by atoms with E-state index in [9.17, 15) is 0 Å². The summed E-state index contributed by atoms with van der Waals surface area (Å²) in [7, 11) is 1.58. The minimum Gasteiger partial charge on any atom is -0.481 e. The topological polar surface area (TPSA) is 48.1 Å². The molecule has 0 radical (unpaired) electrons. The molecule has 64 valence electrons. The summed E-state index contributed by atoms with van der Waals surface area (Å²) in [5.41, 5.74) is 7.30. The average molecular weight is 164 g/mol. The van der Waals surface area contributed by atoms with E-state index >= 15 is 0 Å². The molecule has 0 unspecified atom stereocenters. The van der Waals surface area contributed by atoms with Crippen molar-refractivity contribution in [2.75, 3.05) is 13.7 Å². The van der Waals surface area contributed by atoms with Crippen LogP contribution in [-0.4, -0.2) is 18.6 Å². The van der Waals surface area contributed by atoms with Crippen LogP contribution < -0.4 is 10.5 Å². The molecule has 1 aromatic heterocycles. The first-order valence-electron chi connectivity index (χ1n) is 3.66. The van der Waals surface area contributed by atoms with Gasteiger partial charge in [-0.25, -0.2) is 4.98 Å². The molecule has 0 fully saturated rings. The first-order chi connectivity index (χ1) is 5.77. The third-order valence-electron chi connectivity index (χ3n) is 1.60. The molecule has 1 aromatic rings. The van der Waals surface area contributed by atoms with Crippen LogP contribution in [-0.2, 0) is 0 Å². The Balaban J connectivity index is 2.93. The summed E-state index contributed by atoms with van der Waals surface area (Å²) in [5, 5.41) is 0. The summed E-state index contributed by atoms with van der Waals surface area (Å²) in [6.07, 6.45) is 1.68. The Kier molecular flexibility index (Phi) is 2.82. The zero-order valence-electron chi connectivity index (χ0n) is 7.08. The van der Waals surface area contributed by atoms with Gasteiger partial charge in [-0.15, -0.1) is 0 Å². The lowest BCUT2D eigenvalue weighted by Crippen LogP contribution is -2.01. The molecule has 3 heteroatoms. The lowest BCUT2D eigenvalue weighted by atomic mass is 10.1. The van der Waals surface area contributed by atoms with Gasteiger partial charge in [-0.05, 0) is 17.2 Å². The Labute approximate surface area is 71.9 Å². The lowest BCUT2D eigenvalue weighted by Gasteiger charge is -2.03. The van der Waals surface area contributed by atoms with E-state index in [1.807, 2.05) is 12.1 Å². The monoisotopic (exact) mass is 164 g/mol. The van der Waals surface area contributed by atoms with Crippen LogP contribution in [0, 0.1) is 0 Å². The van der Waals surface area contributed by atoms with Gasteiger partial charge in [0.25, 0.3) is 0 Å². The van der Waals surface area contributed by atoms with Gasteiger partial charge in [0.15, 0.2) is 0 Å². The Morgan fingerprint density at radius 2 is 2.50 bits per heavy atom. The van der Waals surface area contributed by atoms with E-state index in [4.69, 9.17) is 10.5 Å². The highest BCUT2D eigenvalue weighted by Gasteiger charge is 1.98. The number of ether oxygens (including phenoxy) is 1. The molecule has 0 aliphatic heterocycles. The van der Waals surface area contributed by atoms with E-state index < -0.39 is 0 Å². The normalized spacial score (nSPS) is 9.50. The van der Waals surface area contributed by atoms with Crippen molar-refractivity contribution in [1.29, 1.82) is 0 Å². The predicted molar refractivity (Wildman–Crippen MR) is 48.9 cm³/mol. The number of hydrogen-bond donors (Lipinski definition) is 1. The van der Waals surface area contributed by atoms with Crippen LogP contribution in [0.3, 0.4) is 0 Å². The van der Waals surface area contributed by atoms with Crippen LogP contribution in [0.5, 0.6) is 5.88 Å². The molecule has 2 N–H and O–H groups in total. The molecule has 0 saturated heterocycles. The fourth-order valence-electron chi connectivity index (χ4n) is 0.859. The highest BCUT2D eigenvalue weighted by molar-refractivity contribution is 5.64. The molecule has 3 nitrogen and oxygen atoms in total. The third-order valence-corrected chi connectivity index (χ3v) is 1.60. The summed E-state index contributed by atoms with van der Waals surface area (Å²) >= 11 is 0. The van der Waals surface area contributed by atoms with Crippen molar-refractivity contribution in [3.05, 3.63) is 30.5 Å². The molecule has 0 amide bonds. The van der Waals surface area contributed by atoms with Crippen molar-refractivity contribution >= 4 is 5.57 Å². The van der Waals surface area contributed by atoms with Gasteiger partial charge in [-0.2, -0.15) is 0 Å². The molecule has 12 heavy (non-hydrogen) atoms. The zero-order chi connectivity index (χ0) is 8.97. The molecule has 0 aliphatic carbocycles. The van der Waals surface area contributed by atoms with Gasteiger partial charge in [0.05, 0.1) is 7.11 Å². The smallest absolute Gasteiger partial charge is 0.213 e. The minimum atomic E-state index is 0.452. The van der Waals surface area contributed by atoms with Gasteiger partial charge in [0.2, 0.25) is 5.88 Å². The molecular weight excluding hydrogens is 152 g/mol. The van der Waals surface area contributed by atoms with Gasteiger partial charge >= 0.3 is 0 Å². The van der Waals surface area contributed by atoms with E-state index in [0.29, 0.717) is 12.4 Å². The fourth-order valence-corrected chi connectivity index (χ4v) is 0.859. The second-order valence-corrected chi connectivity index (χ2v) is 2.39. The Bertz CT molecular complexity index is 284. The van der Waals surface area contributed by atoms with Crippen molar-refractivity contribution in [2.45, 2.75) is 0 Å². The number of methoxy groups -OCH3 is 1. The van der Waals surface area contributed by atoms with Crippen LogP contribution in [0.25, 0.3) is 5.57 Å². The number of nitrogens with zero attached hydrogens (tertiary/aromatic N) is 1. The van der Waals surface area contributed by atoms with Crippen LogP contribution in [0.4, 0.5) is 0 Å². The minimum absolute atomic E-state index is 0.452. The standard InChI is InChI=1S/C9H12N2O/c1-7(6-10)8-3-4-11-9(5-8)12-2/h3-5H,1,6,10H2,2H3. The largest absolute Gasteiger partial charge is 0.481 e. The summed E-state index contributed by atoms with van der Waals surface area (Å²) in [6.45, 7) is 4.26. The van der Waals surface area contributed by atoms with E-state index in [-0.39, 0.29) is 0 Å². The first kappa shape index (κ1) is 8.74. The molecular formula is C9H12N2O. The van der Waals surface area contributed by atoms with Crippen LogP contribution >= 0.6 is 0 Å². The number of nitrogens with two attached hydrogens (primary N) is 1. The van der Waals surface area contributed by atoms with E-state index in [2.05, 4.69) is 11.6 Å². The number of rotatable bonds is 3. The molecule has 0 bridgehead atoms. The molecule has 0 atom stereocenters. The molecule has 1 heterocycles. The van der Waals surface area contributed by atoms with E-state index in [0.717, 1.165) is 11.1 Å². The maximum absolute atomic E-state index is 5.43. The molecule has 0 spiro atoms. The van der Waals surface area contributed by atoms with Crippen LogP contribution in [0.1, 0.15) is 5.56 Å². The molecule has 0 aliphatic rings. The number of hydrogen-bond acceptors (Lipinski definition) is 3. The van der Waals surface area contributed by atoms with Crippen molar-refractivity contribution in [3.63, 3.8) is 0 Å². The highest BCUT2D eigenvalue weighted by atomic mass is 16.5. The zero-order valence-corrected chi connectivity index (χ0v) is 7.08. The van der Waals surface area contributed by atoms with Crippen LogP contribution in [0.15, 0.2) is 24.9 Å². The third kappa shape index (κ3) is 1.83. The Hall–Kier alpha value is -1.35. The Morgan fingerprint density at radius 3 is 3.08 bits per heavy atom. The average Bonchev–Trinajstić information content (AvgIpc) is 2.17. The van der Waals surface area contributed by atoms with Crippen molar-refractivity contribution < 1.29 is 4.74 Å². The van der Waals surface area contributed by atoms with Gasteiger partial charge in [0, 0.05) is 18.8 Å². The Morgan fingerprint density at radius 1 is 1.75 bits per heavy atom. The van der Waals surface area contributed by atoms with Gasteiger partial charge in [0.1, 0.15) is 0 Å². The SMILES string of the molecule is C=C(CN)c1ccnc(OC)c1. The van der Waals surface area contributed by atoms with E-state index in [1.54, 1.807) is 13.3 Å². The summed E-state index contributed by atoms with van der Waals surface area (Å²) in [6, 6.07) is 3.67. The molecule has 0 aromatic carbocycles. The predicted octanol–water partition coefficient (Wildman–Crippen LogP) is 1.06. The van der Waals surface area contributed by atoms with Gasteiger partial charge in [-0.1, -0.05) is 6.58 Å². The summed E-state index contributed by atoms with van der Waals surface area (Å²) in [5.74, 6) is 0.585.